The van der Waals surface area contributed by atoms with Gasteiger partial charge in [-0.05, 0) is 40.9 Å². The Hall–Kier alpha value is -1.25. The Morgan fingerprint density at radius 2 is 1.82 bits per heavy atom. The van der Waals surface area contributed by atoms with Crippen LogP contribution in [-0.4, -0.2) is 0 Å². The van der Waals surface area contributed by atoms with Gasteiger partial charge in [0.2, 0.25) is 0 Å². The van der Waals surface area contributed by atoms with Gasteiger partial charge in [0.25, 0.3) is 0 Å². The molecule has 0 spiro atoms. The van der Waals surface area contributed by atoms with Crippen molar-refractivity contribution >= 4 is 20.6 Å². The lowest BCUT2D eigenvalue weighted by Crippen LogP contribution is -1.88. The maximum absolute atomic E-state index is 5.66. The summed E-state index contributed by atoms with van der Waals surface area (Å²) in [5, 5.41) is 0. The van der Waals surface area contributed by atoms with Gasteiger partial charge in [-0.1, -0.05) is 45.9 Å². The van der Waals surface area contributed by atoms with E-state index in [1.807, 2.05) is 6.08 Å². The van der Waals surface area contributed by atoms with Gasteiger partial charge in [0, 0.05) is 15.4 Å². The second-order valence-corrected chi connectivity index (χ2v) is 6.47. The minimum Gasteiger partial charge on any atom is -0.103 e. The summed E-state index contributed by atoms with van der Waals surface area (Å²) in [6.07, 6.45) is 2.86. The van der Waals surface area contributed by atoms with Crippen LogP contribution in [0.2, 0.25) is 0 Å². The molecule has 0 bridgehead atoms. The van der Waals surface area contributed by atoms with E-state index >= 15 is 0 Å². The second-order valence-electron chi connectivity index (χ2n) is 4.05. The Labute approximate surface area is 109 Å². The summed E-state index contributed by atoms with van der Waals surface area (Å²) in [4.78, 5) is 2.61. The number of hydrogen-bond donors (Lipinski definition) is 0. The molecule has 0 aromatic heterocycles. The SMILES string of the molecule is C=CCc1cccc2c1-c1ccccc1S2=S. The molecule has 1 unspecified atom stereocenters. The van der Waals surface area contributed by atoms with E-state index in [1.165, 1.54) is 26.5 Å². The van der Waals surface area contributed by atoms with Gasteiger partial charge in [-0.15, -0.1) is 6.58 Å². The first kappa shape index (κ1) is 10.9. The molecule has 0 fully saturated rings. The maximum Gasteiger partial charge on any atom is 0.0247 e. The lowest BCUT2D eigenvalue weighted by Gasteiger charge is -2.06. The van der Waals surface area contributed by atoms with Crippen LogP contribution >= 0.6 is 0 Å². The van der Waals surface area contributed by atoms with E-state index in [-0.39, 0.29) is 9.45 Å². The minimum atomic E-state index is -0.188. The van der Waals surface area contributed by atoms with Crippen LogP contribution in [0.3, 0.4) is 0 Å². The molecule has 0 radical (unpaired) electrons. The summed E-state index contributed by atoms with van der Waals surface area (Å²) in [7, 11) is -0.188. The zero-order valence-electron chi connectivity index (χ0n) is 9.35. The van der Waals surface area contributed by atoms with Crippen molar-refractivity contribution in [1.82, 2.24) is 0 Å². The molecule has 2 aromatic rings. The summed E-state index contributed by atoms with van der Waals surface area (Å²) >= 11 is 5.66. The van der Waals surface area contributed by atoms with Crippen LogP contribution in [0.15, 0.2) is 64.9 Å². The van der Waals surface area contributed by atoms with Gasteiger partial charge in [0.1, 0.15) is 0 Å². The van der Waals surface area contributed by atoms with E-state index in [0.29, 0.717) is 0 Å². The highest BCUT2D eigenvalue weighted by atomic mass is 32.8. The van der Waals surface area contributed by atoms with Gasteiger partial charge in [-0.3, -0.25) is 0 Å². The third-order valence-electron chi connectivity index (χ3n) is 3.03. The van der Waals surface area contributed by atoms with Gasteiger partial charge in [0.15, 0.2) is 0 Å². The smallest absolute Gasteiger partial charge is 0.0247 e. The van der Waals surface area contributed by atoms with Gasteiger partial charge in [-0.2, -0.15) is 0 Å². The number of allylic oxidation sites excluding steroid dienone is 1. The molecule has 0 nitrogen and oxygen atoms in total. The predicted molar refractivity (Wildman–Crippen MR) is 77.0 cm³/mol. The minimum absolute atomic E-state index is 0.188. The van der Waals surface area contributed by atoms with Crippen LogP contribution < -0.4 is 0 Å². The Kier molecular flexibility index (Phi) is 2.69. The van der Waals surface area contributed by atoms with Crippen LogP contribution in [-0.2, 0) is 27.1 Å². The molecule has 17 heavy (non-hydrogen) atoms. The summed E-state index contributed by atoms with van der Waals surface area (Å²) in [5.41, 5.74) is 4.00. The summed E-state index contributed by atoms with van der Waals surface area (Å²) in [6.45, 7) is 3.83. The van der Waals surface area contributed by atoms with E-state index in [1.54, 1.807) is 0 Å². The monoisotopic (exact) mass is 256 g/mol. The summed E-state index contributed by atoms with van der Waals surface area (Å²) in [6, 6.07) is 14.9. The highest BCUT2D eigenvalue weighted by Crippen LogP contribution is 2.42. The lowest BCUT2D eigenvalue weighted by atomic mass is 9.98. The van der Waals surface area contributed by atoms with Crippen molar-refractivity contribution in [2.24, 2.45) is 0 Å². The van der Waals surface area contributed by atoms with E-state index < -0.39 is 0 Å². The zero-order chi connectivity index (χ0) is 11.8. The topological polar surface area (TPSA) is 0 Å². The molecule has 1 aliphatic rings. The Bertz CT molecular complexity index is 627. The molecule has 3 rings (SSSR count). The average Bonchev–Trinajstić information content (AvgIpc) is 2.66. The lowest BCUT2D eigenvalue weighted by molar-refractivity contribution is 1.24. The zero-order valence-corrected chi connectivity index (χ0v) is 11.0. The van der Waals surface area contributed by atoms with Crippen LogP contribution in [0.25, 0.3) is 11.1 Å². The molecule has 1 aliphatic heterocycles. The number of hydrogen-bond acceptors (Lipinski definition) is 1. The number of benzene rings is 2. The van der Waals surface area contributed by atoms with Crippen molar-refractivity contribution in [2.75, 3.05) is 0 Å². The quantitative estimate of drug-likeness (QED) is 0.627. The standard InChI is InChI=1S/C15H12S2/c1-2-6-11-7-5-10-14-15(11)12-8-3-4-9-13(12)17(14)16/h2-5,7-10H,1,6H2. The number of fused-ring (bicyclic) bond motifs is 3. The Morgan fingerprint density at radius 3 is 2.65 bits per heavy atom. The molecular formula is C15H12S2. The van der Waals surface area contributed by atoms with E-state index in [2.05, 4.69) is 49.0 Å². The molecule has 1 heterocycles. The van der Waals surface area contributed by atoms with Gasteiger partial charge in [0.05, 0.1) is 0 Å². The third kappa shape index (κ3) is 1.60. The van der Waals surface area contributed by atoms with Crippen molar-refractivity contribution in [1.29, 1.82) is 0 Å². The normalized spacial score (nSPS) is 16.4. The summed E-state index contributed by atoms with van der Waals surface area (Å²) in [5.74, 6) is 0. The van der Waals surface area contributed by atoms with Crippen molar-refractivity contribution in [3.8, 4) is 11.1 Å². The average molecular weight is 256 g/mol. The van der Waals surface area contributed by atoms with Crippen molar-refractivity contribution in [2.45, 2.75) is 16.2 Å². The largest absolute Gasteiger partial charge is 0.103 e. The molecule has 84 valence electrons. The fraction of sp³-hybridized carbons (Fsp3) is 0.0667. The van der Waals surface area contributed by atoms with Crippen molar-refractivity contribution < 1.29 is 0 Å². The highest BCUT2D eigenvalue weighted by Gasteiger charge is 2.23. The van der Waals surface area contributed by atoms with E-state index in [0.717, 1.165) is 6.42 Å². The molecule has 0 saturated heterocycles. The third-order valence-corrected chi connectivity index (χ3v) is 5.61. The van der Waals surface area contributed by atoms with Crippen molar-refractivity contribution in [3.63, 3.8) is 0 Å². The van der Waals surface area contributed by atoms with Gasteiger partial charge >= 0.3 is 0 Å². The molecule has 0 aliphatic carbocycles. The second kappa shape index (κ2) is 4.21. The molecule has 0 saturated carbocycles. The first-order chi connectivity index (χ1) is 8.33. The number of rotatable bonds is 2. The van der Waals surface area contributed by atoms with Crippen LogP contribution in [0.4, 0.5) is 0 Å². The molecule has 1 atom stereocenters. The Morgan fingerprint density at radius 1 is 1.06 bits per heavy atom. The predicted octanol–water partition coefficient (Wildman–Crippen LogP) is 3.89. The van der Waals surface area contributed by atoms with Crippen LogP contribution in [0.1, 0.15) is 5.56 Å². The Balaban J connectivity index is 2.33. The molecule has 0 amide bonds. The van der Waals surface area contributed by atoms with Crippen LogP contribution in [0.5, 0.6) is 0 Å². The first-order valence-electron chi connectivity index (χ1n) is 5.57. The molecule has 0 N–H and O–H groups in total. The fourth-order valence-corrected chi connectivity index (χ4v) is 4.61. The maximum atomic E-state index is 5.66. The highest BCUT2D eigenvalue weighted by molar-refractivity contribution is 8.29. The van der Waals surface area contributed by atoms with Gasteiger partial charge in [-0.25, -0.2) is 0 Å². The molecular weight excluding hydrogens is 244 g/mol. The first-order valence-corrected chi connectivity index (χ1v) is 7.72. The molecule has 2 aromatic carbocycles. The van der Waals surface area contributed by atoms with Gasteiger partial charge < -0.3 is 0 Å². The molecule has 2 heteroatoms. The van der Waals surface area contributed by atoms with Crippen molar-refractivity contribution in [3.05, 3.63) is 60.7 Å². The summed E-state index contributed by atoms with van der Waals surface area (Å²) < 4.78 is 0. The van der Waals surface area contributed by atoms with Crippen LogP contribution in [0, 0.1) is 0 Å². The van der Waals surface area contributed by atoms with E-state index in [9.17, 15) is 0 Å². The van der Waals surface area contributed by atoms with E-state index in [4.69, 9.17) is 11.2 Å². The fourth-order valence-electron chi connectivity index (χ4n) is 2.32.